The molecule has 0 unspecified atom stereocenters. The molecule has 0 aliphatic carbocycles. The van der Waals surface area contributed by atoms with Crippen LogP contribution in [0, 0.1) is 19.7 Å². The zero-order valence-corrected chi connectivity index (χ0v) is 17.1. The summed E-state index contributed by atoms with van der Waals surface area (Å²) in [6.07, 6.45) is 0.955. The van der Waals surface area contributed by atoms with Crippen LogP contribution in [0.4, 0.5) is 10.1 Å². The number of anilines is 1. The fraction of sp³-hybridized carbons (Fsp3) is 0.240. The second kappa shape index (κ2) is 9.48. The van der Waals surface area contributed by atoms with Crippen LogP contribution in [0.25, 0.3) is 0 Å². The Morgan fingerprint density at radius 1 is 0.931 bits per heavy atom. The van der Waals surface area contributed by atoms with E-state index in [1.807, 2.05) is 50.2 Å². The third-order valence-corrected chi connectivity index (χ3v) is 5.12. The molecule has 0 bridgehead atoms. The average molecular weight is 391 g/mol. The van der Waals surface area contributed by atoms with Crippen molar-refractivity contribution in [2.75, 3.05) is 11.9 Å². The van der Waals surface area contributed by atoms with E-state index in [1.54, 1.807) is 6.07 Å². The Morgan fingerprint density at radius 2 is 1.59 bits per heavy atom. The number of aryl methyl sites for hydroxylation is 3. The smallest absolute Gasteiger partial charge is 0.238 e. The highest BCUT2D eigenvalue weighted by Gasteiger charge is 2.16. The van der Waals surface area contributed by atoms with Crippen LogP contribution in [0.1, 0.15) is 40.8 Å². The summed E-state index contributed by atoms with van der Waals surface area (Å²) in [7, 11) is 0. The van der Waals surface area contributed by atoms with Gasteiger partial charge < -0.3 is 5.32 Å². The van der Waals surface area contributed by atoms with E-state index in [0.29, 0.717) is 0 Å². The maximum atomic E-state index is 13.8. The molecule has 0 saturated heterocycles. The SMILES string of the molecule is CCc1ccc([C@H](NCC(=O)Nc2c(C)cccc2C)c2cccc(F)c2)cc1. The van der Waals surface area contributed by atoms with Crippen molar-refractivity contribution in [2.45, 2.75) is 33.2 Å². The summed E-state index contributed by atoms with van der Waals surface area (Å²) in [6.45, 7) is 6.17. The molecule has 3 nitrogen and oxygen atoms in total. The van der Waals surface area contributed by atoms with Crippen molar-refractivity contribution in [1.82, 2.24) is 5.32 Å². The van der Waals surface area contributed by atoms with Crippen LogP contribution in [-0.2, 0) is 11.2 Å². The number of nitrogens with one attached hydrogen (secondary N) is 2. The summed E-state index contributed by atoms with van der Waals surface area (Å²) in [5.74, 6) is -0.423. The van der Waals surface area contributed by atoms with Gasteiger partial charge in [-0.1, -0.05) is 61.5 Å². The number of halogens is 1. The predicted octanol–water partition coefficient (Wildman–Crippen LogP) is 5.32. The van der Waals surface area contributed by atoms with Gasteiger partial charge in [0, 0.05) is 5.69 Å². The molecular formula is C25H27FN2O. The van der Waals surface area contributed by atoms with Gasteiger partial charge in [0.25, 0.3) is 0 Å². The number of para-hydroxylation sites is 1. The highest BCUT2D eigenvalue weighted by Crippen LogP contribution is 2.24. The van der Waals surface area contributed by atoms with Gasteiger partial charge in [0.05, 0.1) is 12.6 Å². The van der Waals surface area contributed by atoms with Gasteiger partial charge in [0.1, 0.15) is 5.82 Å². The van der Waals surface area contributed by atoms with Gasteiger partial charge in [0.15, 0.2) is 0 Å². The molecule has 0 saturated carbocycles. The van der Waals surface area contributed by atoms with Crippen LogP contribution in [-0.4, -0.2) is 12.5 Å². The molecule has 29 heavy (non-hydrogen) atoms. The van der Waals surface area contributed by atoms with Gasteiger partial charge >= 0.3 is 0 Å². The molecule has 1 atom stereocenters. The summed E-state index contributed by atoms with van der Waals surface area (Å²) < 4.78 is 13.8. The summed E-state index contributed by atoms with van der Waals surface area (Å²) >= 11 is 0. The molecule has 0 aliphatic rings. The Kier molecular flexibility index (Phi) is 6.78. The zero-order valence-electron chi connectivity index (χ0n) is 17.1. The minimum atomic E-state index is -0.292. The minimum Gasteiger partial charge on any atom is -0.324 e. The molecule has 3 rings (SSSR count). The van der Waals surface area contributed by atoms with E-state index in [9.17, 15) is 9.18 Å². The van der Waals surface area contributed by atoms with E-state index in [2.05, 4.69) is 29.7 Å². The number of amides is 1. The molecule has 0 radical (unpaired) electrons. The normalized spacial score (nSPS) is 11.9. The standard InChI is InChI=1S/C25H27FN2O/c1-4-19-11-13-20(14-12-19)25(21-9-6-10-22(26)15-21)27-16-23(29)28-24-17(2)7-5-8-18(24)3/h5-15,25,27H,4,16H2,1-3H3,(H,28,29)/t25-/m0/s1. The lowest BCUT2D eigenvalue weighted by Gasteiger charge is -2.21. The number of rotatable bonds is 7. The van der Waals surface area contributed by atoms with Crippen molar-refractivity contribution in [2.24, 2.45) is 0 Å². The molecule has 0 fully saturated rings. The second-order valence-electron chi connectivity index (χ2n) is 7.28. The number of benzene rings is 3. The number of carbonyl (C=O) groups excluding carboxylic acids is 1. The molecular weight excluding hydrogens is 363 g/mol. The highest BCUT2D eigenvalue weighted by atomic mass is 19.1. The van der Waals surface area contributed by atoms with Gasteiger partial charge in [-0.05, 0) is 60.2 Å². The van der Waals surface area contributed by atoms with E-state index < -0.39 is 0 Å². The third kappa shape index (κ3) is 5.30. The van der Waals surface area contributed by atoms with Gasteiger partial charge in [-0.25, -0.2) is 4.39 Å². The van der Waals surface area contributed by atoms with Crippen molar-refractivity contribution < 1.29 is 9.18 Å². The average Bonchev–Trinajstić information content (AvgIpc) is 2.71. The molecule has 0 heterocycles. The molecule has 2 N–H and O–H groups in total. The first-order chi connectivity index (χ1) is 14.0. The summed E-state index contributed by atoms with van der Waals surface area (Å²) in [5.41, 5.74) is 5.90. The first kappa shape index (κ1) is 20.7. The second-order valence-corrected chi connectivity index (χ2v) is 7.28. The first-order valence-corrected chi connectivity index (χ1v) is 9.91. The fourth-order valence-corrected chi connectivity index (χ4v) is 3.45. The minimum absolute atomic E-state index is 0.116. The van der Waals surface area contributed by atoms with Crippen molar-refractivity contribution in [1.29, 1.82) is 0 Å². The number of hydrogen-bond acceptors (Lipinski definition) is 2. The Labute approximate surface area is 172 Å². The number of carbonyl (C=O) groups is 1. The largest absolute Gasteiger partial charge is 0.324 e. The van der Waals surface area contributed by atoms with Crippen LogP contribution in [0.15, 0.2) is 66.7 Å². The topological polar surface area (TPSA) is 41.1 Å². The zero-order chi connectivity index (χ0) is 20.8. The van der Waals surface area contributed by atoms with E-state index >= 15 is 0 Å². The van der Waals surface area contributed by atoms with Crippen molar-refractivity contribution in [3.05, 3.63) is 100 Å². The van der Waals surface area contributed by atoms with Gasteiger partial charge in [0.2, 0.25) is 5.91 Å². The predicted molar refractivity (Wildman–Crippen MR) is 117 cm³/mol. The highest BCUT2D eigenvalue weighted by molar-refractivity contribution is 5.93. The summed E-state index contributed by atoms with van der Waals surface area (Å²) in [5, 5.41) is 6.29. The molecule has 0 spiro atoms. The van der Waals surface area contributed by atoms with Crippen LogP contribution >= 0.6 is 0 Å². The first-order valence-electron chi connectivity index (χ1n) is 9.91. The van der Waals surface area contributed by atoms with Crippen LogP contribution in [0.3, 0.4) is 0 Å². The Hall–Kier alpha value is -2.98. The monoisotopic (exact) mass is 390 g/mol. The van der Waals surface area contributed by atoms with Crippen LogP contribution in [0.2, 0.25) is 0 Å². The molecule has 1 amide bonds. The third-order valence-electron chi connectivity index (χ3n) is 5.12. The Balaban J connectivity index is 1.78. The molecule has 3 aromatic rings. The lowest BCUT2D eigenvalue weighted by molar-refractivity contribution is -0.115. The lowest BCUT2D eigenvalue weighted by Crippen LogP contribution is -2.32. The van der Waals surface area contributed by atoms with E-state index in [1.165, 1.54) is 17.7 Å². The van der Waals surface area contributed by atoms with Crippen molar-refractivity contribution >= 4 is 11.6 Å². The molecule has 4 heteroatoms. The number of hydrogen-bond donors (Lipinski definition) is 2. The molecule has 150 valence electrons. The van der Waals surface area contributed by atoms with Gasteiger partial charge in [-0.3, -0.25) is 10.1 Å². The van der Waals surface area contributed by atoms with Crippen LogP contribution < -0.4 is 10.6 Å². The molecule has 0 aliphatic heterocycles. The lowest BCUT2D eigenvalue weighted by atomic mass is 9.97. The molecule has 0 aromatic heterocycles. The van der Waals surface area contributed by atoms with E-state index in [-0.39, 0.29) is 24.3 Å². The quantitative estimate of drug-likeness (QED) is 0.573. The van der Waals surface area contributed by atoms with Crippen molar-refractivity contribution in [3.63, 3.8) is 0 Å². The molecule has 3 aromatic carbocycles. The summed E-state index contributed by atoms with van der Waals surface area (Å²) in [4.78, 5) is 12.6. The van der Waals surface area contributed by atoms with Gasteiger partial charge in [-0.15, -0.1) is 0 Å². The van der Waals surface area contributed by atoms with E-state index in [4.69, 9.17) is 0 Å². The van der Waals surface area contributed by atoms with Crippen molar-refractivity contribution in [3.8, 4) is 0 Å². The Morgan fingerprint density at radius 3 is 2.21 bits per heavy atom. The maximum absolute atomic E-state index is 13.8. The van der Waals surface area contributed by atoms with Gasteiger partial charge in [-0.2, -0.15) is 0 Å². The summed E-state index contributed by atoms with van der Waals surface area (Å²) in [6, 6.07) is 20.3. The van der Waals surface area contributed by atoms with Crippen LogP contribution in [0.5, 0.6) is 0 Å². The fourth-order valence-electron chi connectivity index (χ4n) is 3.45. The Bertz CT molecular complexity index is 962. The van der Waals surface area contributed by atoms with E-state index in [0.717, 1.165) is 34.4 Å². The maximum Gasteiger partial charge on any atom is 0.238 e.